The number of rotatable bonds is 5. The normalized spacial score (nSPS) is 11.8. The molecule has 166 valence electrons. The number of nitrogens with one attached hydrogen (secondary N) is 1. The van der Waals surface area contributed by atoms with E-state index in [4.69, 9.17) is 10.5 Å². The molecule has 9 heteroatoms. The van der Waals surface area contributed by atoms with E-state index >= 15 is 4.39 Å². The number of nitrogens with two attached hydrogens (primary N) is 1. The first-order valence-electron chi connectivity index (χ1n) is 10.3. The van der Waals surface area contributed by atoms with Gasteiger partial charge in [0.05, 0.1) is 23.8 Å². The van der Waals surface area contributed by atoms with Crippen LogP contribution in [0, 0.1) is 18.6 Å². The molecule has 0 saturated carbocycles. The van der Waals surface area contributed by atoms with Crippen LogP contribution in [-0.4, -0.2) is 27.0 Å². The van der Waals surface area contributed by atoms with Crippen molar-refractivity contribution in [2.45, 2.75) is 19.9 Å². The summed E-state index contributed by atoms with van der Waals surface area (Å²) in [5.41, 5.74) is 10.4. The van der Waals surface area contributed by atoms with Gasteiger partial charge >= 0.3 is 6.01 Å². The van der Waals surface area contributed by atoms with Gasteiger partial charge in [0.25, 0.3) is 0 Å². The lowest BCUT2D eigenvalue weighted by Gasteiger charge is -2.13. The summed E-state index contributed by atoms with van der Waals surface area (Å²) >= 11 is 0. The van der Waals surface area contributed by atoms with E-state index in [9.17, 15) is 4.39 Å². The number of fused-ring (bicyclic) bond motifs is 3. The number of hydrogen-bond acceptors (Lipinski definition) is 7. The van der Waals surface area contributed by atoms with Gasteiger partial charge in [-0.25, -0.2) is 18.7 Å². The molecule has 0 amide bonds. The average molecular weight is 446 g/mol. The summed E-state index contributed by atoms with van der Waals surface area (Å²) in [6.07, 6.45) is 3.44. The number of benzene rings is 2. The first kappa shape index (κ1) is 20.9. The Morgan fingerprint density at radius 3 is 2.58 bits per heavy atom. The third kappa shape index (κ3) is 3.76. The quantitative estimate of drug-likeness (QED) is 0.413. The van der Waals surface area contributed by atoms with E-state index in [-0.39, 0.29) is 18.1 Å². The van der Waals surface area contributed by atoms with Crippen LogP contribution in [0.25, 0.3) is 22.4 Å². The van der Waals surface area contributed by atoms with Crippen LogP contribution >= 0.6 is 0 Å². The molecule has 0 unspecified atom stereocenters. The van der Waals surface area contributed by atoms with E-state index in [1.807, 2.05) is 0 Å². The van der Waals surface area contributed by atoms with Crippen molar-refractivity contribution in [2.24, 2.45) is 5.73 Å². The molecule has 5 rings (SSSR count). The molecule has 7 nitrogen and oxygen atoms in total. The second kappa shape index (κ2) is 8.18. The molecule has 0 fully saturated rings. The summed E-state index contributed by atoms with van der Waals surface area (Å²) in [5.74, 6) is 0.0532. The molecule has 0 aliphatic heterocycles. The van der Waals surface area contributed by atoms with Gasteiger partial charge in [-0.05, 0) is 47.9 Å². The first-order valence-corrected chi connectivity index (χ1v) is 10.3. The first-order chi connectivity index (χ1) is 16.0. The van der Waals surface area contributed by atoms with Crippen LogP contribution in [0.5, 0.6) is 11.8 Å². The second-order valence-corrected chi connectivity index (χ2v) is 7.67. The molecule has 3 N–H and O–H groups in total. The van der Waals surface area contributed by atoms with E-state index in [0.717, 1.165) is 11.1 Å². The van der Waals surface area contributed by atoms with Crippen molar-refractivity contribution in [1.29, 1.82) is 0 Å². The maximum atomic E-state index is 15.0. The van der Waals surface area contributed by atoms with Gasteiger partial charge in [-0.3, -0.25) is 0 Å². The van der Waals surface area contributed by atoms with Crippen LogP contribution in [0.2, 0.25) is 0 Å². The fourth-order valence-electron chi connectivity index (χ4n) is 4.00. The molecular weight excluding hydrogens is 426 g/mol. The number of aryl methyl sites for hydroxylation is 1. The van der Waals surface area contributed by atoms with Crippen LogP contribution in [0.1, 0.15) is 22.6 Å². The standard InChI is InChI=1S/C24H20F2N6O/c1-12-29-10-15(11-30-12)33-24-31-21-8-16-17(6-14(25)7-20(16)28-2)22(21)23(32-24)18-5-13(9-27)3-4-19(18)26/h3-7,10-11,28H,8-9,27H2,1-2H3. The van der Waals surface area contributed by atoms with E-state index < -0.39 is 11.6 Å². The lowest BCUT2D eigenvalue weighted by molar-refractivity contribution is 0.436. The predicted octanol–water partition coefficient (Wildman–Crippen LogP) is 4.38. The Bertz CT molecular complexity index is 1370. The van der Waals surface area contributed by atoms with Crippen molar-refractivity contribution in [3.05, 3.63) is 77.0 Å². The highest BCUT2D eigenvalue weighted by molar-refractivity contribution is 5.90. The SMILES string of the molecule is CNc1cc(F)cc2c1Cc1nc(Oc3cnc(C)nc3)nc(-c3cc(CN)ccc3F)c1-2. The minimum atomic E-state index is -0.476. The van der Waals surface area contributed by atoms with Crippen molar-refractivity contribution in [1.82, 2.24) is 19.9 Å². The summed E-state index contributed by atoms with van der Waals surface area (Å²) in [5, 5.41) is 3.03. The topological polar surface area (TPSA) is 98.8 Å². The molecule has 2 aromatic carbocycles. The van der Waals surface area contributed by atoms with E-state index in [1.54, 1.807) is 26.1 Å². The number of halogens is 2. The van der Waals surface area contributed by atoms with Gasteiger partial charge in [0, 0.05) is 36.8 Å². The van der Waals surface area contributed by atoms with Gasteiger partial charge in [0.2, 0.25) is 0 Å². The average Bonchev–Trinajstić information content (AvgIpc) is 3.18. The molecule has 0 radical (unpaired) electrons. The maximum absolute atomic E-state index is 15.0. The Morgan fingerprint density at radius 1 is 1.06 bits per heavy atom. The predicted molar refractivity (Wildman–Crippen MR) is 120 cm³/mol. The molecule has 1 aliphatic carbocycles. The number of aromatic nitrogens is 4. The van der Waals surface area contributed by atoms with Crippen molar-refractivity contribution >= 4 is 5.69 Å². The molecule has 0 bridgehead atoms. The highest BCUT2D eigenvalue weighted by Gasteiger charge is 2.30. The Labute approximate surface area is 188 Å². The molecule has 0 saturated heterocycles. The molecule has 33 heavy (non-hydrogen) atoms. The van der Waals surface area contributed by atoms with Gasteiger partial charge in [-0.15, -0.1) is 0 Å². The van der Waals surface area contributed by atoms with Crippen LogP contribution in [0.15, 0.2) is 42.7 Å². The molecular formula is C24H20F2N6O. The zero-order valence-corrected chi connectivity index (χ0v) is 18.0. The van der Waals surface area contributed by atoms with E-state index in [2.05, 4.69) is 25.3 Å². The molecule has 2 heterocycles. The fraction of sp³-hybridized carbons (Fsp3) is 0.167. The van der Waals surface area contributed by atoms with Crippen LogP contribution in [0.3, 0.4) is 0 Å². The third-order valence-electron chi connectivity index (χ3n) is 5.55. The summed E-state index contributed by atoms with van der Waals surface area (Å²) in [4.78, 5) is 17.3. The smallest absolute Gasteiger partial charge is 0.322 e. The van der Waals surface area contributed by atoms with Crippen LogP contribution in [0.4, 0.5) is 14.5 Å². The Balaban J connectivity index is 1.73. The summed E-state index contributed by atoms with van der Waals surface area (Å²) in [6, 6.07) is 7.48. The van der Waals surface area contributed by atoms with Crippen LogP contribution in [-0.2, 0) is 13.0 Å². The van der Waals surface area contributed by atoms with Crippen molar-refractivity contribution in [3.63, 3.8) is 0 Å². The van der Waals surface area contributed by atoms with Crippen molar-refractivity contribution < 1.29 is 13.5 Å². The number of nitrogens with zero attached hydrogens (tertiary/aromatic N) is 4. The largest absolute Gasteiger partial charge is 0.421 e. The van der Waals surface area contributed by atoms with Gasteiger partial charge in [0.15, 0.2) is 5.75 Å². The Morgan fingerprint density at radius 2 is 1.85 bits per heavy atom. The van der Waals surface area contributed by atoms with E-state index in [0.29, 0.717) is 46.2 Å². The summed E-state index contributed by atoms with van der Waals surface area (Å²) < 4.78 is 35.3. The maximum Gasteiger partial charge on any atom is 0.322 e. The minimum absolute atomic E-state index is 0.0213. The lowest BCUT2D eigenvalue weighted by atomic mass is 9.98. The van der Waals surface area contributed by atoms with Gasteiger partial charge < -0.3 is 15.8 Å². The molecule has 4 aromatic rings. The highest BCUT2D eigenvalue weighted by atomic mass is 19.1. The molecule has 0 spiro atoms. The van der Waals surface area contributed by atoms with Gasteiger partial charge in [-0.1, -0.05) is 6.07 Å². The van der Waals surface area contributed by atoms with E-state index in [1.165, 1.54) is 30.6 Å². The lowest BCUT2D eigenvalue weighted by Crippen LogP contribution is -2.03. The Kier molecular flexibility index (Phi) is 5.18. The Hall–Kier alpha value is -3.98. The monoisotopic (exact) mass is 446 g/mol. The number of anilines is 1. The molecule has 0 atom stereocenters. The van der Waals surface area contributed by atoms with Gasteiger partial charge in [0.1, 0.15) is 17.5 Å². The van der Waals surface area contributed by atoms with Gasteiger partial charge in [-0.2, -0.15) is 9.97 Å². The molecule has 1 aliphatic rings. The van der Waals surface area contributed by atoms with Crippen molar-refractivity contribution in [2.75, 3.05) is 12.4 Å². The van der Waals surface area contributed by atoms with Crippen LogP contribution < -0.4 is 15.8 Å². The minimum Gasteiger partial charge on any atom is -0.421 e. The number of hydrogen-bond donors (Lipinski definition) is 2. The third-order valence-corrected chi connectivity index (χ3v) is 5.55. The van der Waals surface area contributed by atoms with Crippen molar-refractivity contribution in [3.8, 4) is 34.1 Å². The zero-order chi connectivity index (χ0) is 23.1. The summed E-state index contributed by atoms with van der Waals surface area (Å²) in [6.45, 7) is 2.00. The molecule has 2 aromatic heterocycles. The second-order valence-electron chi connectivity index (χ2n) is 7.67. The zero-order valence-electron chi connectivity index (χ0n) is 18.0. The number of ether oxygens (including phenoxy) is 1. The fourth-order valence-corrected chi connectivity index (χ4v) is 4.00. The summed E-state index contributed by atoms with van der Waals surface area (Å²) in [7, 11) is 1.72. The highest BCUT2D eigenvalue weighted by Crippen LogP contribution is 2.46.